The molecule has 2 saturated heterocycles. The van der Waals surface area contributed by atoms with E-state index >= 15 is 4.11 Å². The average molecular weight is 527 g/mol. The Morgan fingerprint density at radius 1 is 1.14 bits per heavy atom. The molecule has 0 aliphatic carbocycles. The van der Waals surface area contributed by atoms with Gasteiger partial charge in [-0.05, 0) is 55.1 Å². The van der Waals surface area contributed by atoms with Gasteiger partial charge in [0.25, 0.3) is 0 Å². The number of ether oxygens (including phenoxy) is 1. The first-order valence-corrected chi connectivity index (χ1v) is 16.3. The summed E-state index contributed by atoms with van der Waals surface area (Å²) in [6.07, 6.45) is 1.60. The van der Waals surface area contributed by atoms with Crippen LogP contribution in [0.15, 0.2) is 54.6 Å². The van der Waals surface area contributed by atoms with Crippen LogP contribution < -0.4 is 4.90 Å². The van der Waals surface area contributed by atoms with Crippen LogP contribution in [-0.4, -0.2) is 62.1 Å². The second-order valence-corrected chi connectivity index (χ2v) is 14.7. The van der Waals surface area contributed by atoms with E-state index in [2.05, 4.69) is 19.1 Å². The third kappa shape index (κ3) is 6.66. The van der Waals surface area contributed by atoms with Crippen LogP contribution in [0.3, 0.4) is 0 Å². The second-order valence-electron chi connectivity index (χ2n) is 10.9. The molecule has 8 heteroatoms. The fourth-order valence-corrected chi connectivity index (χ4v) is 8.42. The number of halogens is 1. The van der Waals surface area contributed by atoms with Gasteiger partial charge in [-0.2, -0.15) is 0 Å². The average Bonchev–Trinajstić information content (AvgIpc) is 3.17. The summed E-state index contributed by atoms with van der Waals surface area (Å²) in [5.41, 5.74) is 2.76. The molecule has 4 atom stereocenters. The number of hydrogen-bond donors (Lipinski definition) is 1. The maximum absolute atomic E-state index is 15.6. The van der Waals surface area contributed by atoms with Crippen molar-refractivity contribution in [1.82, 2.24) is 4.90 Å². The van der Waals surface area contributed by atoms with Crippen LogP contribution in [0.4, 0.5) is 9.80 Å². The van der Waals surface area contributed by atoms with Gasteiger partial charge in [-0.1, -0.05) is 49.4 Å². The SMILES string of the molecule is C[C@H]1[C@H]([Si](C)(C)F)[C@@H](CC(=O)N(CCO)Cc2ccccc2)O[C@H]1CCc1cccc(N2CCC2=O)c1. The van der Waals surface area contributed by atoms with Crippen LogP contribution in [0.25, 0.3) is 0 Å². The predicted octanol–water partition coefficient (Wildman–Crippen LogP) is 4.72. The number of aliphatic hydroxyl groups excluding tert-OH is 1. The molecular formula is C29H39FN2O4Si. The largest absolute Gasteiger partial charge is 0.395 e. The van der Waals surface area contributed by atoms with Gasteiger partial charge in [0, 0.05) is 37.3 Å². The van der Waals surface area contributed by atoms with Gasteiger partial charge in [0.15, 0.2) is 0 Å². The Morgan fingerprint density at radius 3 is 2.49 bits per heavy atom. The highest BCUT2D eigenvalue weighted by Crippen LogP contribution is 2.47. The number of β-lactam (4-membered cyclic amide) rings is 1. The Kier molecular flexibility index (Phi) is 8.82. The van der Waals surface area contributed by atoms with Crippen LogP contribution in [-0.2, 0) is 27.3 Å². The Morgan fingerprint density at radius 2 is 1.86 bits per heavy atom. The van der Waals surface area contributed by atoms with Crippen LogP contribution in [0.5, 0.6) is 0 Å². The summed E-state index contributed by atoms with van der Waals surface area (Å²) in [4.78, 5) is 28.6. The molecule has 2 aliphatic heterocycles. The molecule has 37 heavy (non-hydrogen) atoms. The fourth-order valence-electron chi connectivity index (χ4n) is 5.87. The van der Waals surface area contributed by atoms with E-state index in [4.69, 9.17) is 4.74 Å². The standard InChI is InChI=1S/C29H39FN2O4Si/c1-21-25(13-12-22-10-7-11-24(18-22)32-15-14-27(32)34)36-26(29(21)37(2,3)30)19-28(35)31(16-17-33)20-23-8-5-4-6-9-23/h4-11,18,21,25-26,29,33H,12-17,19-20H2,1-3H3/t21-,25+,26-,29+/m1/s1. The van der Waals surface area contributed by atoms with Crippen molar-refractivity contribution >= 4 is 25.9 Å². The maximum atomic E-state index is 15.6. The lowest BCUT2D eigenvalue weighted by Gasteiger charge is -2.31. The molecule has 2 heterocycles. The Balaban J connectivity index is 1.42. The number of carbonyl (C=O) groups is 2. The number of anilines is 1. The van der Waals surface area contributed by atoms with Crippen molar-refractivity contribution < 1.29 is 23.5 Å². The summed E-state index contributed by atoms with van der Waals surface area (Å²) >= 11 is 0. The normalized spacial score (nSPS) is 23.7. The van der Waals surface area contributed by atoms with E-state index in [9.17, 15) is 14.7 Å². The third-order valence-corrected chi connectivity index (χ3v) is 10.3. The van der Waals surface area contributed by atoms with Gasteiger partial charge in [-0.25, -0.2) is 0 Å². The number of aliphatic hydroxyl groups is 1. The summed E-state index contributed by atoms with van der Waals surface area (Å²) in [7, 11) is -3.11. The second kappa shape index (κ2) is 11.9. The van der Waals surface area contributed by atoms with Gasteiger partial charge in [0.2, 0.25) is 20.2 Å². The number of hydrogen-bond acceptors (Lipinski definition) is 4. The van der Waals surface area contributed by atoms with E-state index in [1.807, 2.05) is 42.5 Å². The van der Waals surface area contributed by atoms with Crippen molar-refractivity contribution in [3.63, 3.8) is 0 Å². The highest BCUT2D eigenvalue weighted by molar-refractivity contribution is 6.72. The van der Waals surface area contributed by atoms with Crippen LogP contribution >= 0.6 is 0 Å². The summed E-state index contributed by atoms with van der Waals surface area (Å²) in [5, 5.41) is 9.56. The fraction of sp³-hybridized carbons (Fsp3) is 0.517. The Hall–Kier alpha value is -2.55. The van der Waals surface area contributed by atoms with E-state index in [0.29, 0.717) is 13.0 Å². The molecule has 0 aromatic heterocycles. The Bertz CT molecular complexity index is 1080. The first-order valence-electron chi connectivity index (χ1n) is 13.3. The van der Waals surface area contributed by atoms with Crippen molar-refractivity contribution in [2.75, 3.05) is 24.6 Å². The summed E-state index contributed by atoms with van der Waals surface area (Å²) in [6.45, 7) is 6.74. The number of amides is 2. The van der Waals surface area contributed by atoms with E-state index in [0.717, 1.165) is 36.2 Å². The molecule has 0 radical (unpaired) electrons. The van der Waals surface area contributed by atoms with E-state index in [-0.39, 0.29) is 48.9 Å². The zero-order valence-electron chi connectivity index (χ0n) is 22.1. The topological polar surface area (TPSA) is 70.1 Å². The van der Waals surface area contributed by atoms with Crippen molar-refractivity contribution in [2.45, 2.75) is 70.0 Å². The molecule has 0 saturated carbocycles. The molecule has 200 valence electrons. The molecule has 2 amide bonds. The molecule has 2 aromatic rings. The number of aryl methyl sites for hydroxylation is 1. The smallest absolute Gasteiger partial charge is 0.246 e. The lowest BCUT2D eigenvalue weighted by molar-refractivity contribution is -0.135. The van der Waals surface area contributed by atoms with Gasteiger partial charge in [-0.15, -0.1) is 0 Å². The molecule has 0 bridgehead atoms. The molecular weight excluding hydrogens is 487 g/mol. The van der Waals surface area contributed by atoms with E-state index in [1.165, 1.54) is 0 Å². The summed E-state index contributed by atoms with van der Waals surface area (Å²) < 4.78 is 22.0. The van der Waals surface area contributed by atoms with Gasteiger partial charge in [0.1, 0.15) is 0 Å². The lowest BCUT2D eigenvalue weighted by atomic mass is 9.94. The number of benzene rings is 2. The van der Waals surface area contributed by atoms with Crippen LogP contribution in [0, 0.1) is 5.92 Å². The zero-order valence-corrected chi connectivity index (χ0v) is 23.1. The highest BCUT2D eigenvalue weighted by atomic mass is 28.4. The van der Waals surface area contributed by atoms with Gasteiger partial charge < -0.3 is 23.8 Å². The van der Waals surface area contributed by atoms with Crippen molar-refractivity contribution in [3.8, 4) is 0 Å². The van der Waals surface area contributed by atoms with Crippen LogP contribution in [0.2, 0.25) is 18.6 Å². The summed E-state index contributed by atoms with van der Waals surface area (Å²) in [6, 6.07) is 17.7. The predicted molar refractivity (Wildman–Crippen MR) is 145 cm³/mol. The van der Waals surface area contributed by atoms with Gasteiger partial charge >= 0.3 is 0 Å². The molecule has 4 rings (SSSR count). The van der Waals surface area contributed by atoms with Crippen molar-refractivity contribution in [2.24, 2.45) is 5.92 Å². The molecule has 2 fully saturated rings. The first-order chi connectivity index (χ1) is 17.7. The minimum Gasteiger partial charge on any atom is -0.395 e. The summed E-state index contributed by atoms with van der Waals surface area (Å²) in [5.74, 6) is 0.0360. The van der Waals surface area contributed by atoms with Gasteiger partial charge in [-0.3, -0.25) is 9.59 Å². The number of rotatable bonds is 11. The molecule has 1 N–H and O–H groups in total. The molecule has 0 spiro atoms. The minimum atomic E-state index is -3.11. The Labute approximate surface area is 220 Å². The lowest BCUT2D eigenvalue weighted by Crippen LogP contribution is -2.43. The molecule has 0 unspecified atom stereocenters. The minimum absolute atomic E-state index is 0.00465. The maximum Gasteiger partial charge on any atom is 0.246 e. The van der Waals surface area contributed by atoms with E-state index in [1.54, 1.807) is 22.9 Å². The quantitative estimate of drug-likeness (QED) is 0.261. The number of carbonyl (C=O) groups excluding carboxylic acids is 2. The monoisotopic (exact) mass is 526 g/mol. The van der Waals surface area contributed by atoms with Gasteiger partial charge in [0.05, 0.1) is 25.2 Å². The number of nitrogens with zero attached hydrogens (tertiary/aromatic N) is 2. The molecule has 6 nitrogen and oxygen atoms in total. The van der Waals surface area contributed by atoms with Crippen molar-refractivity contribution in [1.29, 1.82) is 0 Å². The van der Waals surface area contributed by atoms with E-state index < -0.39 is 14.5 Å². The van der Waals surface area contributed by atoms with Crippen LogP contribution in [0.1, 0.15) is 37.3 Å². The third-order valence-electron chi connectivity index (χ3n) is 7.80. The zero-order chi connectivity index (χ0) is 26.6. The molecule has 2 aromatic carbocycles. The molecule has 2 aliphatic rings. The highest BCUT2D eigenvalue weighted by Gasteiger charge is 2.51. The van der Waals surface area contributed by atoms with Crippen molar-refractivity contribution in [3.05, 3.63) is 65.7 Å². The first kappa shape index (κ1) is 27.5.